The molecule has 0 bridgehead atoms. The molecule has 2 aromatic rings. The number of hydrogen-bond donors (Lipinski definition) is 1. The SMILES string of the molecule is CCCCn1nnc(NC(=O)c2ccc([N+](=O)[O-])c(C)c2)n1. The van der Waals surface area contributed by atoms with Gasteiger partial charge < -0.3 is 0 Å². The molecule has 0 saturated heterocycles. The molecule has 0 saturated carbocycles. The van der Waals surface area contributed by atoms with Crippen LogP contribution in [0.2, 0.25) is 0 Å². The Balaban J connectivity index is 2.07. The van der Waals surface area contributed by atoms with Crippen molar-refractivity contribution in [3.8, 4) is 0 Å². The zero-order valence-corrected chi connectivity index (χ0v) is 12.3. The number of unbranched alkanes of at least 4 members (excludes halogenated alkanes) is 1. The van der Waals surface area contributed by atoms with Crippen molar-refractivity contribution in [2.75, 3.05) is 5.32 Å². The molecule has 1 heterocycles. The van der Waals surface area contributed by atoms with Gasteiger partial charge in [0.15, 0.2) is 0 Å². The van der Waals surface area contributed by atoms with Crippen LogP contribution in [0.25, 0.3) is 0 Å². The summed E-state index contributed by atoms with van der Waals surface area (Å²) in [6.07, 6.45) is 1.93. The fraction of sp³-hybridized carbons (Fsp3) is 0.385. The topological polar surface area (TPSA) is 116 Å². The summed E-state index contributed by atoms with van der Waals surface area (Å²) in [4.78, 5) is 23.8. The average molecular weight is 304 g/mol. The second kappa shape index (κ2) is 6.74. The number of carbonyl (C=O) groups is 1. The summed E-state index contributed by atoms with van der Waals surface area (Å²) in [5.41, 5.74) is 0.686. The predicted molar refractivity (Wildman–Crippen MR) is 78.5 cm³/mol. The Hall–Kier alpha value is -2.84. The van der Waals surface area contributed by atoms with Crippen molar-refractivity contribution in [2.24, 2.45) is 0 Å². The monoisotopic (exact) mass is 304 g/mol. The fourth-order valence-corrected chi connectivity index (χ4v) is 1.86. The molecule has 0 spiro atoms. The Labute approximate surface area is 126 Å². The van der Waals surface area contributed by atoms with Crippen LogP contribution >= 0.6 is 0 Å². The molecule has 0 fully saturated rings. The van der Waals surface area contributed by atoms with E-state index in [1.165, 1.54) is 23.0 Å². The highest BCUT2D eigenvalue weighted by atomic mass is 16.6. The largest absolute Gasteiger partial charge is 0.288 e. The Morgan fingerprint density at radius 2 is 2.23 bits per heavy atom. The van der Waals surface area contributed by atoms with Gasteiger partial charge in [0.2, 0.25) is 0 Å². The second-order valence-corrected chi connectivity index (χ2v) is 4.77. The van der Waals surface area contributed by atoms with Gasteiger partial charge in [0, 0.05) is 17.2 Å². The van der Waals surface area contributed by atoms with Crippen LogP contribution in [0.3, 0.4) is 0 Å². The van der Waals surface area contributed by atoms with E-state index in [1.54, 1.807) is 6.92 Å². The predicted octanol–water partition coefficient (Wildman–Crippen LogP) is 1.94. The van der Waals surface area contributed by atoms with Crippen LogP contribution in [0.4, 0.5) is 11.6 Å². The van der Waals surface area contributed by atoms with Crippen LogP contribution in [0.5, 0.6) is 0 Å². The summed E-state index contributed by atoms with van der Waals surface area (Å²) in [5, 5.41) is 24.9. The number of nitrogens with one attached hydrogen (secondary N) is 1. The number of aromatic nitrogens is 4. The summed E-state index contributed by atoms with van der Waals surface area (Å²) < 4.78 is 0. The molecule has 9 heteroatoms. The molecule has 9 nitrogen and oxygen atoms in total. The molecular formula is C13H16N6O3. The number of amides is 1. The van der Waals surface area contributed by atoms with Crippen LogP contribution < -0.4 is 5.32 Å². The van der Waals surface area contributed by atoms with Crippen molar-refractivity contribution >= 4 is 17.5 Å². The fourth-order valence-electron chi connectivity index (χ4n) is 1.86. The summed E-state index contributed by atoms with van der Waals surface area (Å²) in [5.74, 6) is -0.329. The number of rotatable bonds is 6. The number of tetrazole rings is 1. The third kappa shape index (κ3) is 3.62. The van der Waals surface area contributed by atoms with Gasteiger partial charge in [-0.1, -0.05) is 18.4 Å². The van der Waals surface area contributed by atoms with Gasteiger partial charge in [0.1, 0.15) is 0 Å². The number of hydrogen-bond acceptors (Lipinski definition) is 6. The van der Waals surface area contributed by atoms with Gasteiger partial charge in [-0.15, -0.1) is 5.10 Å². The molecule has 116 valence electrons. The third-order valence-corrected chi connectivity index (χ3v) is 3.05. The molecule has 2 rings (SSSR count). The maximum Gasteiger partial charge on any atom is 0.272 e. The minimum atomic E-state index is -0.488. The van der Waals surface area contributed by atoms with E-state index in [0.717, 1.165) is 12.8 Å². The van der Waals surface area contributed by atoms with Crippen LogP contribution in [0.15, 0.2) is 18.2 Å². The lowest BCUT2D eigenvalue weighted by atomic mass is 10.1. The normalized spacial score (nSPS) is 10.5. The molecule has 1 aromatic heterocycles. The van der Waals surface area contributed by atoms with Crippen molar-refractivity contribution < 1.29 is 9.72 Å². The first kappa shape index (κ1) is 15.5. The first-order chi connectivity index (χ1) is 10.5. The number of nitro benzene ring substituents is 1. The van der Waals surface area contributed by atoms with E-state index < -0.39 is 10.8 Å². The van der Waals surface area contributed by atoms with Crippen molar-refractivity contribution in [1.29, 1.82) is 0 Å². The third-order valence-electron chi connectivity index (χ3n) is 3.05. The van der Waals surface area contributed by atoms with Crippen molar-refractivity contribution in [1.82, 2.24) is 20.2 Å². The number of nitrogens with zero attached hydrogens (tertiary/aromatic N) is 5. The molecule has 0 atom stereocenters. The zero-order valence-electron chi connectivity index (χ0n) is 12.3. The standard InChI is InChI=1S/C13H16N6O3/c1-3-4-7-18-16-13(15-17-18)14-12(20)10-5-6-11(19(21)22)9(2)8-10/h5-6,8H,3-4,7H2,1-2H3,(H,14,16,20). The maximum atomic E-state index is 12.1. The van der Waals surface area contributed by atoms with Gasteiger partial charge in [-0.3, -0.25) is 20.2 Å². The van der Waals surface area contributed by atoms with E-state index in [0.29, 0.717) is 17.7 Å². The molecular weight excluding hydrogens is 288 g/mol. The molecule has 1 N–H and O–H groups in total. The lowest BCUT2D eigenvalue weighted by molar-refractivity contribution is -0.385. The zero-order chi connectivity index (χ0) is 16.1. The molecule has 0 aliphatic rings. The molecule has 1 aromatic carbocycles. The Bertz CT molecular complexity index is 697. The van der Waals surface area contributed by atoms with Crippen LogP contribution in [-0.2, 0) is 6.54 Å². The number of aryl methyl sites for hydroxylation is 2. The van der Waals surface area contributed by atoms with E-state index in [4.69, 9.17) is 0 Å². The Morgan fingerprint density at radius 1 is 1.45 bits per heavy atom. The molecule has 0 aliphatic carbocycles. The number of nitro groups is 1. The van der Waals surface area contributed by atoms with Crippen molar-refractivity contribution in [3.63, 3.8) is 0 Å². The highest BCUT2D eigenvalue weighted by Crippen LogP contribution is 2.19. The molecule has 0 unspecified atom stereocenters. The summed E-state index contributed by atoms with van der Waals surface area (Å²) in [6, 6.07) is 4.15. The van der Waals surface area contributed by atoms with Gasteiger partial charge >= 0.3 is 0 Å². The minimum Gasteiger partial charge on any atom is -0.288 e. The summed E-state index contributed by atoms with van der Waals surface area (Å²) in [7, 11) is 0. The second-order valence-electron chi connectivity index (χ2n) is 4.77. The number of anilines is 1. The number of benzene rings is 1. The van der Waals surface area contributed by atoms with Crippen molar-refractivity contribution in [3.05, 3.63) is 39.4 Å². The molecule has 1 amide bonds. The molecule has 0 radical (unpaired) electrons. The van der Waals surface area contributed by atoms with Gasteiger partial charge in [-0.05, 0) is 30.7 Å². The van der Waals surface area contributed by atoms with Gasteiger partial charge in [-0.2, -0.15) is 4.80 Å². The smallest absolute Gasteiger partial charge is 0.272 e. The minimum absolute atomic E-state index is 0.0276. The van der Waals surface area contributed by atoms with Crippen LogP contribution in [0, 0.1) is 17.0 Å². The lowest BCUT2D eigenvalue weighted by Crippen LogP contribution is -2.14. The van der Waals surface area contributed by atoms with E-state index in [2.05, 4.69) is 27.7 Å². The Morgan fingerprint density at radius 3 is 2.86 bits per heavy atom. The first-order valence-electron chi connectivity index (χ1n) is 6.85. The van der Waals surface area contributed by atoms with E-state index in [1.807, 2.05) is 0 Å². The highest BCUT2D eigenvalue weighted by Gasteiger charge is 2.15. The molecule has 22 heavy (non-hydrogen) atoms. The maximum absolute atomic E-state index is 12.1. The first-order valence-corrected chi connectivity index (χ1v) is 6.85. The van der Waals surface area contributed by atoms with E-state index >= 15 is 0 Å². The van der Waals surface area contributed by atoms with Gasteiger partial charge in [-0.25, -0.2) is 0 Å². The van der Waals surface area contributed by atoms with Gasteiger partial charge in [0.05, 0.1) is 11.5 Å². The highest BCUT2D eigenvalue weighted by molar-refractivity contribution is 6.03. The quantitative estimate of drug-likeness (QED) is 0.644. The lowest BCUT2D eigenvalue weighted by Gasteiger charge is -2.02. The van der Waals surface area contributed by atoms with Crippen LogP contribution in [0.1, 0.15) is 35.7 Å². The van der Waals surface area contributed by atoms with E-state index in [-0.39, 0.29) is 11.6 Å². The number of carbonyl (C=O) groups excluding carboxylic acids is 1. The van der Waals surface area contributed by atoms with Crippen molar-refractivity contribution in [2.45, 2.75) is 33.2 Å². The molecule has 0 aliphatic heterocycles. The Kier molecular flexibility index (Phi) is 4.77. The summed E-state index contributed by atoms with van der Waals surface area (Å²) in [6.45, 7) is 4.26. The van der Waals surface area contributed by atoms with Crippen LogP contribution in [-0.4, -0.2) is 31.0 Å². The van der Waals surface area contributed by atoms with E-state index in [9.17, 15) is 14.9 Å². The average Bonchev–Trinajstić information content (AvgIpc) is 2.92. The van der Waals surface area contributed by atoms with Gasteiger partial charge in [0.25, 0.3) is 17.5 Å². The summed E-state index contributed by atoms with van der Waals surface area (Å²) >= 11 is 0.